The monoisotopic (exact) mass is 384 g/mol. The van der Waals surface area contributed by atoms with E-state index in [-0.39, 0.29) is 5.97 Å². The van der Waals surface area contributed by atoms with Gasteiger partial charge in [0.25, 0.3) is 0 Å². The fourth-order valence-corrected chi connectivity index (χ4v) is 4.28. The van der Waals surface area contributed by atoms with Crippen molar-refractivity contribution in [3.05, 3.63) is 106 Å². The van der Waals surface area contributed by atoms with E-state index in [1.165, 1.54) is 11.1 Å². The Bertz CT molecular complexity index is 1080. The van der Waals surface area contributed by atoms with Crippen molar-refractivity contribution in [1.29, 1.82) is 0 Å². The number of esters is 1. The Morgan fingerprint density at radius 1 is 0.759 bits per heavy atom. The van der Waals surface area contributed by atoms with Crippen LogP contribution in [0.1, 0.15) is 83.3 Å². The molecular formula is C27H28O2. The molecule has 1 atom stereocenters. The topological polar surface area (TPSA) is 26.3 Å². The molecule has 0 radical (unpaired) electrons. The van der Waals surface area contributed by atoms with Gasteiger partial charge in [0.05, 0.1) is 5.56 Å². The first-order valence-electron chi connectivity index (χ1n) is 10.4. The molecule has 1 aliphatic heterocycles. The van der Waals surface area contributed by atoms with Crippen LogP contribution in [0.3, 0.4) is 0 Å². The maximum Gasteiger partial charge on any atom is 0.340 e. The molecule has 3 aromatic carbocycles. The zero-order valence-electron chi connectivity index (χ0n) is 17.8. The molecule has 1 aliphatic rings. The molecule has 0 N–H and O–H groups in total. The summed E-state index contributed by atoms with van der Waals surface area (Å²) in [5.74, 6) is 0.521. The maximum atomic E-state index is 13.0. The number of carbonyl (C=O) groups is 1. The minimum atomic E-state index is -0.923. The number of aryl methyl sites for hydroxylation is 1. The molecule has 29 heavy (non-hydrogen) atoms. The Morgan fingerprint density at radius 3 is 2.17 bits per heavy atom. The predicted octanol–water partition coefficient (Wildman–Crippen LogP) is 6.70. The summed E-state index contributed by atoms with van der Waals surface area (Å²) in [6.45, 7) is 10.8. The first-order chi connectivity index (χ1) is 13.8. The lowest BCUT2D eigenvalue weighted by Gasteiger charge is -2.33. The highest BCUT2D eigenvalue weighted by Crippen LogP contribution is 2.48. The summed E-state index contributed by atoms with van der Waals surface area (Å²) in [6, 6.07) is 22.8. The van der Waals surface area contributed by atoms with Crippen molar-refractivity contribution in [3.8, 4) is 0 Å². The largest absolute Gasteiger partial charge is 0.441 e. The van der Waals surface area contributed by atoms with E-state index < -0.39 is 5.60 Å². The van der Waals surface area contributed by atoms with E-state index in [9.17, 15) is 4.79 Å². The zero-order chi connectivity index (χ0) is 20.8. The van der Waals surface area contributed by atoms with E-state index >= 15 is 0 Å². The third-order valence-electron chi connectivity index (χ3n) is 6.04. The Balaban J connectivity index is 2.07. The van der Waals surface area contributed by atoms with E-state index in [4.69, 9.17) is 4.74 Å². The number of cyclic esters (lactones) is 1. The number of hydrogen-bond donors (Lipinski definition) is 0. The average Bonchev–Trinajstić information content (AvgIpc) is 3.02. The summed E-state index contributed by atoms with van der Waals surface area (Å²) in [4.78, 5) is 13.0. The molecule has 0 spiro atoms. The summed E-state index contributed by atoms with van der Waals surface area (Å²) >= 11 is 0. The fourth-order valence-electron chi connectivity index (χ4n) is 4.28. The summed E-state index contributed by atoms with van der Waals surface area (Å²) in [6.07, 6.45) is 0. The molecular weight excluding hydrogens is 356 g/mol. The van der Waals surface area contributed by atoms with Crippen molar-refractivity contribution in [2.45, 2.75) is 52.1 Å². The zero-order valence-corrected chi connectivity index (χ0v) is 17.8. The van der Waals surface area contributed by atoms with Crippen LogP contribution in [0.2, 0.25) is 0 Å². The first kappa shape index (κ1) is 19.4. The first-order valence-corrected chi connectivity index (χ1v) is 10.4. The number of carbonyl (C=O) groups excluding carboxylic acids is 1. The number of benzene rings is 3. The van der Waals surface area contributed by atoms with Crippen LogP contribution in [-0.4, -0.2) is 5.97 Å². The highest BCUT2D eigenvalue weighted by Gasteiger charge is 2.49. The van der Waals surface area contributed by atoms with Gasteiger partial charge in [-0.2, -0.15) is 0 Å². The molecule has 0 saturated heterocycles. The van der Waals surface area contributed by atoms with Gasteiger partial charge in [-0.3, -0.25) is 0 Å². The molecule has 1 unspecified atom stereocenters. The third-order valence-corrected chi connectivity index (χ3v) is 6.04. The lowest BCUT2D eigenvalue weighted by atomic mass is 9.76. The normalized spacial score (nSPS) is 18.2. The van der Waals surface area contributed by atoms with Gasteiger partial charge in [-0.25, -0.2) is 4.79 Å². The molecule has 148 valence electrons. The van der Waals surface area contributed by atoms with Crippen LogP contribution in [0.15, 0.2) is 66.7 Å². The number of ether oxygens (including phenoxy) is 1. The standard InChI is InChI=1S/C27H28O2/c1-17(2)20-9-8-10-22(15-20)27(24-12-7-6-11-23(24)26(28)29-27)25-16-21(18(3)4)14-13-19(25)5/h6-18H,1-5H3. The summed E-state index contributed by atoms with van der Waals surface area (Å²) < 4.78 is 6.30. The molecule has 0 amide bonds. The van der Waals surface area contributed by atoms with Crippen molar-refractivity contribution in [3.63, 3.8) is 0 Å². The molecule has 4 rings (SSSR count). The van der Waals surface area contributed by atoms with Crippen LogP contribution >= 0.6 is 0 Å². The third kappa shape index (κ3) is 3.07. The lowest BCUT2D eigenvalue weighted by Crippen LogP contribution is -2.31. The Morgan fingerprint density at radius 2 is 1.45 bits per heavy atom. The van der Waals surface area contributed by atoms with E-state index in [2.05, 4.69) is 77.1 Å². The van der Waals surface area contributed by atoms with Gasteiger partial charge >= 0.3 is 5.97 Å². The Hall–Kier alpha value is -2.87. The van der Waals surface area contributed by atoms with Gasteiger partial charge in [-0.1, -0.05) is 88.4 Å². The summed E-state index contributed by atoms with van der Waals surface area (Å²) in [5, 5.41) is 0. The van der Waals surface area contributed by atoms with Crippen molar-refractivity contribution < 1.29 is 9.53 Å². The molecule has 0 aliphatic carbocycles. The second-order valence-corrected chi connectivity index (χ2v) is 8.63. The van der Waals surface area contributed by atoms with Gasteiger partial charge in [0, 0.05) is 16.7 Å². The molecule has 2 nitrogen and oxygen atoms in total. The number of hydrogen-bond acceptors (Lipinski definition) is 2. The molecule has 3 aromatic rings. The van der Waals surface area contributed by atoms with Gasteiger partial charge in [0.2, 0.25) is 0 Å². The quantitative estimate of drug-likeness (QED) is 0.468. The molecule has 0 fully saturated rings. The van der Waals surface area contributed by atoms with Crippen LogP contribution in [0, 0.1) is 6.92 Å². The Kier molecular flexibility index (Phi) is 4.82. The molecule has 0 saturated carbocycles. The van der Waals surface area contributed by atoms with Gasteiger partial charge in [0.15, 0.2) is 5.60 Å². The second kappa shape index (κ2) is 7.18. The molecule has 2 heteroatoms. The summed E-state index contributed by atoms with van der Waals surface area (Å²) in [7, 11) is 0. The van der Waals surface area contributed by atoms with Gasteiger partial charge in [0.1, 0.15) is 0 Å². The number of fused-ring (bicyclic) bond motifs is 1. The van der Waals surface area contributed by atoms with E-state index in [1.54, 1.807) is 0 Å². The summed E-state index contributed by atoms with van der Waals surface area (Å²) in [5.41, 5.74) is 6.30. The minimum absolute atomic E-state index is 0.259. The van der Waals surface area contributed by atoms with Crippen molar-refractivity contribution in [2.75, 3.05) is 0 Å². The van der Waals surface area contributed by atoms with Crippen LogP contribution in [0.4, 0.5) is 0 Å². The van der Waals surface area contributed by atoms with Crippen LogP contribution < -0.4 is 0 Å². The van der Waals surface area contributed by atoms with Gasteiger partial charge < -0.3 is 4.74 Å². The molecule has 1 heterocycles. The van der Waals surface area contributed by atoms with Crippen molar-refractivity contribution >= 4 is 5.97 Å². The van der Waals surface area contributed by atoms with Crippen LogP contribution in [-0.2, 0) is 10.3 Å². The van der Waals surface area contributed by atoms with Crippen LogP contribution in [0.25, 0.3) is 0 Å². The SMILES string of the molecule is Cc1ccc(C(C)C)cc1C1(c2cccc(C(C)C)c2)OC(=O)c2ccccc21. The smallest absolute Gasteiger partial charge is 0.340 e. The number of rotatable bonds is 4. The lowest BCUT2D eigenvalue weighted by molar-refractivity contribution is 0.0249. The van der Waals surface area contributed by atoms with Gasteiger partial charge in [-0.05, 0) is 41.5 Å². The average molecular weight is 385 g/mol. The fraction of sp³-hybridized carbons (Fsp3) is 0.296. The Labute approximate surface area is 173 Å². The van der Waals surface area contributed by atoms with E-state index in [0.29, 0.717) is 17.4 Å². The highest BCUT2D eigenvalue weighted by molar-refractivity contribution is 5.96. The second-order valence-electron chi connectivity index (χ2n) is 8.63. The maximum absolute atomic E-state index is 13.0. The molecule has 0 aromatic heterocycles. The van der Waals surface area contributed by atoms with Crippen molar-refractivity contribution in [1.82, 2.24) is 0 Å². The van der Waals surface area contributed by atoms with E-state index in [1.807, 2.05) is 24.3 Å². The van der Waals surface area contributed by atoms with Crippen molar-refractivity contribution in [2.24, 2.45) is 0 Å². The van der Waals surface area contributed by atoms with E-state index in [0.717, 1.165) is 22.3 Å². The molecule has 0 bridgehead atoms. The minimum Gasteiger partial charge on any atom is -0.441 e. The van der Waals surface area contributed by atoms with Crippen LogP contribution in [0.5, 0.6) is 0 Å². The van der Waals surface area contributed by atoms with Gasteiger partial charge in [-0.15, -0.1) is 0 Å². The predicted molar refractivity (Wildman–Crippen MR) is 118 cm³/mol. The highest BCUT2D eigenvalue weighted by atomic mass is 16.6.